The highest BCUT2D eigenvalue weighted by molar-refractivity contribution is 7.99. The number of aromatic nitrogens is 2. The van der Waals surface area contributed by atoms with Crippen molar-refractivity contribution in [3.63, 3.8) is 0 Å². The van der Waals surface area contributed by atoms with Crippen molar-refractivity contribution in [1.82, 2.24) is 14.3 Å². The third kappa shape index (κ3) is 5.51. The van der Waals surface area contributed by atoms with Crippen molar-refractivity contribution in [2.45, 2.75) is 31.5 Å². The first kappa shape index (κ1) is 17.0. The quantitative estimate of drug-likeness (QED) is 0.685. The van der Waals surface area contributed by atoms with Gasteiger partial charge in [-0.1, -0.05) is 25.6 Å². The molecule has 1 rings (SSSR count). The smallest absolute Gasteiger partial charge is 0.313 e. The number of nitrogens with zero attached hydrogens (tertiary/aromatic N) is 2. The molecule has 0 aliphatic carbocycles. The van der Waals surface area contributed by atoms with Gasteiger partial charge < -0.3 is 9.67 Å². The summed E-state index contributed by atoms with van der Waals surface area (Å²) < 4.78 is 26.4. The first-order valence-electron chi connectivity index (χ1n) is 6.05. The summed E-state index contributed by atoms with van der Waals surface area (Å²) >= 11 is 1.13. The molecule has 1 aromatic heterocycles. The predicted molar refractivity (Wildman–Crippen MR) is 77.5 cm³/mol. The molecule has 1 aromatic rings. The number of rotatable bonds is 8. The summed E-state index contributed by atoms with van der Waals surface area (Å²) in [6.07, 6.45) is 2.81. The van der Waals surface area contributed by atoms with Crippen molar-refractivity contribution in [3.8, 4) is 0 Å². The van der Waals surface area contributed by atoms with E-state index in [4.69, 9.17) is 5.11 Å². The van der Waals surface area contributed by atoms with Crippen LogP contribution in [0.25, 0.3) is 0 Å². The molecule has 9 heteroatoms. The van der Waals surface area contributed by atoms with E-state index in [0.717, 1.165) is 23.7 Å². The van der Waals surface area contributed by atoms with Crippen molar-refractivity contribution in [1.29, 1.82) is 0 Å². The van der Waals surface area contributed by atoms with Crippen LogP contribution in [-0.4, -0.2) is 47.6 Å². The summed E-state index contributed by atoms with van der Waals surface area (Å²) in [5, 5.41) is 9.30. The van der Waals surface area contributed by atoms with Crippen molar-refractivity contribution >= 4 is 27.8 Å². The molecule has 0 amide bonds. The Labute approximate surface area is 122 Å². The van der Waals surface area contributed by atoms with Crippen LogP contribution >= 0.6 is 11.8 Å². The lowest BCUT2D eigenvalue weighted by Gasteiger charge is -2.13. The second-order valence-electron chi connectivity index (χ2n) is 4.62. The molecule has 0 bridgehead atoms. The van der Waals surface area contributed by atoms with Gasteiger partial charge in [0.15, 0.2) is 5.16 Å². The minimum Gasteiger partial charge on any atom is -0.481 e. The Kier molecular flexibility index (Phi) is 6.03. The second kappa shape index (κ2) is 7.09. The number of hydrogen-bond acceptors (Lipinski definition) is 5. The van der Waals surface area contributed by atoms with Gasteiger partial charge in [0.05, 0.1) is 12.0 Å². The molecule has 0 radical (unpaired) electrons. The van der Waals surface area contributed by atoms with Crippen molar-refractivity contribution in [2.75, 3.05) is 18.6 Å². The summed E-state index contributed by atoms with van der Waals surface area (Å²) in [6, 6.07) is 0. The lowest BCUT2D eigenvalue weighted by Crippen LogP contribution is -2.26. The normalized spacial score (nSPS) is 12.0. The van der Waals surface area contributed by atoms with Crippen LogP contribution < -0.4 is 4.72 Å². The van der Waals surface area contributed by atoms with Gasteiger partial charge in [0.25, 0.3) is 0 Å². The number of imidazole rings is 1. The highest BCUT2D eigenvalue weighted by Crippen LogP contribution is 2.23. The fourth-order valence-corrected chi connectivity index (χ4v) is 2.84. The Hall–Kier alpha value is -1.06. The van der Waals surface area contributed by atoms with Crippen LogP contribution in [0.1, 0.15) is 25.5 Å². The molecular formula is C11H19N3O4S2. The lowest BCUT2D eigenvalue weighted by atomic mass is 10.1. The van der Waals surface area contributed by atoms with Crippen LogP contribution in [0.4, 0.5) is 0 Å². The van der Waals surface area contributed by atoms with Crippen LogP contribution in [0.15, 0.2) is 11.4 Å². The van der Waals surface area contributed by atoms with E-state index in [0.29, 0.717) is 11.7 Å². The van der Waals surface area contributed by atoms with Crippen LogP contribution in [0.3, 0.4) is 0 Å². The van der Waals surface area contributed by atoms with Gasteiger partial charge in [0.2, 0.25) is 10.0 Å². The number of carbonyl (C=O) groups is 1. The first-order valence-corrected chi connectivity index (χ1v) is 8.93. The zero-order valence-electron chi connectivity index (χ0n) is 11.7. The fourth-order valence-electron chi connectivity index (χ4n) is 1.64. The maximum absolute atomic E-state index is 11.1. The predicted octanol–water partition coefficient (Wildman–Crippen LogP) is 0.732. The number of aliphatic carboxylic acids is 1. The van der Waals surface area contributed by atoms with Gasteiger partial charge in [-0.05, 0) is 5.92 Å². The Bertz CT molecular complexity index is 566. The van der Waals surface area contributed by atoms with Crippen LogP contribution in [-0.2, 0) is 21.4 Å². The van der Waals surface area contributed by atoms with Gasteiger partial charge in [-0.3, -0.25) is 4.79 Å². The summed E-state index contributed by atoms with van der Waals surface area (Å²) in [5.41, 5.74) is 0.952. The third-order valence-electron chi connectivity index (χ3n) is 2.47. The average Bonchev–Trinajstić information content (AvgIpc) is 2.68. The molecule has 0 aromatic carbocycles. The Morgan fingerprint density at radius 3 is 2.70 bits per heavy atom. The third-order valence-corrected chi connectivity index (χ3v) is 4.17. The number of thioether (sulfide) groups is 1. The standard InChI is InChI=1S/C11H19N3O4S2/c1-8(2)9-6-12-11(19-7-10(15)16)14(9)5-4-13-20(3,17)18/h6,8,13H,4-5,7H2,1-3H3,(H,15,16). The molecule has 0 fully saturated rings. The molecule has 0 aliphatic heterocycles. The molecule has 7 nitrogen and oxygen atoms in total. The topological polar surface area (TPSA) is 101 Å². The number of nitrogens with one attached hydrogen (secondary N) is 1. The Morgan fingerprint density at radius 1 is 1.55 bits per heavy atom. The molecule has 20 heavy (non-hydrogen) atoms. The van der Waals surface area contributed by atoms with Crippen LogP contribution in [0.2, 0.25) is 0 Å². The van der Waals surface area contributed by atoms with Crippen LogP contribution in [0, 0.1) is 0 Å². The number of carboxylic acids is 1. The van der Waals surface area contributed by atoms with E-state index < -0.39 is 16.0 Å². The summed E-state index contributed by atoms with van der Waals surface area (Å²) in [5.74, 6) is -0.765. The van der Waals surface area contributed by atoms with Gasteiger partial charge >= 0.3 is 5.97 Å². The number of carboxylic acid groups (broad SMARTS) is 1. The van der Waals surface area contributed by atoms with E-state index in [1.165, 1.54) is 0 Å². The molecule has 2 N–H and O–H groups in total. The lowest BCUT2D eigenvalue weighted by molar-refractivity contribution is -0.133. The van der Waals surface area contributed by atoms with E-state index in [-0.39, 0.29) is 18.2 Å². The van der Waals surface area contributed by atoms with E-state index >= 15 is 0 Å². The SMILES string of the molecule is CC(C)c1cnc(SCC(=O)O)n1CCNS(C)(=O)=O. The molecule has 1 heterocycles. The molecular weight excluding hydrogens is 302 g/mol. The summed E-state index contributed by atoms with van der Waals surface area (Å²) in [6.45, 7) is 4.67. The van der Waals surface area contributed by atoms with Crippen LogP contribution in [0.5, 0.6) is 0 Å². The van der Waals surface area contributed by atoms with E-state index in [1.807, 2.05) is 18.4 Å². The molecule has 0 saturated carbocycles. The van der Waals surface area contributed by atoms with Gasteiger partial charge in [0.1, 0.15) is 0 Å². The van der Waals surface area contributed by atoms with Gasteiger partial charge in [-0.15, -0.1) is 0 Å². The second-order valence-corrected chi connectivity index (χ2v) is 7.40. The molecule has 0 spiro atoms. The van der Waals surface area contributed by atoms with E-state index in [9.17, 15) is 13.2 Å². The number of hydrogen-bond donors (Lipinski definition) is 2. The average molecular weight is 321 g/mol. The zero-order valence-corrected chi connectivity index (χ0v) is 13.3. The van der Waals surface area contributed by atoms with Gasteiger partial charge in [-0.25, -0.2) is 18.1 Å². The highest BCUT2D eigenvalue weighted by atomic mass is 32.2. The van der Waals surface area contributed by atoms with Gasteiger partial charge in [-0.2, -0.15) is 0 Å². The van der Waals surface area contributed by atoms with Crippen molar-refractivity contribution < 1.29 is 18.3 Å². The minimum absolute atomic E-state index is 0.0753. The first-order chi connectivity index (χ1) is 9.20. The Morgan fingerprint density at radius 2 is 2.20 bits per heavy atom. The van der Waals surface area contributed by atoms with E-state index in [2.05, 4.69) is 9.71 Å². The molecule has 0 unspecified atom stereocenters. The largest absolute Gasteiger partial charge is 0.481 e. The highest BCUT2D eigenvalue weighted by Gasteiger charge is 2.14. The maximum atomic E-state index is 11.1. The minimum atomic E-state index is -3.23. The number of sulfonamides is 1. The van der Waals surface area contributed by atoms with Crippen molar-refractivity contribution in [3.05, 3.63) is 11.9 Å². The Balaban J connectivity index is 2.82. The monoisotopic (exact) mass is 321 g/mol. The van der Waals surface area contributed by atoms with Crippen molar-refractivity contribution in [2.24, 2.45) is 0 Å². The van der Waals surface area contributed by atoms with Gasteiger partial charge in [0, 0.05) is 25.0 Å². The maximum Gasteiger partial charge on any atom is 0.313 e. The fraction of sp³-hybridized carbons (Fsp3) is 0.636. The zero-order chi connectivity index (χ0) is 15.3. The molecule has 0 saturated heterocycles. The summed E-state index contributed by atoms with van der Waals surface area (Å²) in [4.78, 5) is 14.8. The molecule has 0 atom stereocenters. The summed E-state index contributed by atoms with van der Waals surface area (Å²) in [7, 11) is -3.23. The van der Waals surface area contributed by atoms with E-state index in [1.54, 1.807) is 6.20 Å². The molecule has 114 valence electrons. The molecule has 0 aliphatic rings.